The van der Waals surface area contributed by atoms with E-state index in [0.29, 0.717) is 18.4 Å². The van der Waals surface area contributed by atoms with E-state index in [1.807, 2.05) is 6.07 Å². The summed E-state index contributed by atoms with van der Waals surface area (Å²) in [5.74, 6) is 1.91. The molecule has 0 saturated carbocycles. The summed E-state index contributed by atoms with van der Waals surface area (Å²) < 4.78 is 5.36. The van der Waals surface area contributed by atoms with Crippen LogP contribution in [0.15, 0.2) is 15.6 Å². The van der Waals surface area contributed by atoms with Crippen molar-refractivity contribution in [3.8, 4) is 0 Å². The smallest absolute Gasteiger partial charge is 0.191 e. The number of halogens is 1. The molecule has 0 aromatic carbocycles. The van der Waals surface area contributed by atoms with Crippen LogP contribution in [0.4, 0.5) is 0 Å². The van der Waals surface area contributed by atoms with Gasteiger partial charge in [-0.1, -0.05) is 19.0 Å². The molecule has 0 bridgehead atoms. The molecule has 0 aliphatic carbocycles. The standard InChI is InChI=1S/C15H26N4O.HI/c1-3-12(4-2)14-10-13(20-18-14)11-17-15(16)19-8-6-5-7-9-19;/h10,12H,3-9,11H2,1-2H3,(H2,16,17);1H. The van der Waals surface area contributed by atoms with Crippen molar-refractivity contribution in [3.63, 3.8) is 0 Å². The minimum absolute atomic E-state index is 0. The molecule has 1 aromatic heterocycles. The van der Waals surface area contributed by atoms with Crippen LogP contribution in [0, 0.1) is 0 Å². The van der Waals surface area contributed by atoms with Gasteiger partial charge in [0, 0.05) is 25.1 Å². The lowest BCUT2D eigenvalue weighted by Crippen LogP contribution is -2.40. The molecule has 1 aliphatic heterocycles. The molecule has 6 heteroatoms. The topological polar surface area (TPSA) is 67.7 Å². The van der Waals surface area contributed by atoms with Crippen molar-refractivity contribution in [1.29, 1.82) is 0 Å². The van der Waals surface area contributed by atoms with Gasteiger partial charge in [0.2, 0.25) is 0 Å². The lowest BCUT2D eigenvalue weighted by atomic mass is 9.99. The second-order valence-electron chi connectivity index (χ2n) is 5.45. The van der Waals surface area contributed by atoms with E-state index in [4.69, 9.17) is 10.3 Å². The molecule has 5 nitrogen and oxygen atoms in total. The molecule has 120 valence electrons. The van der Waals surface area contributed by atoms with Gasteiger partial charge in [0.15, 0.2) is 11.7 Å². The van der Waals surface area contributed by atoms with Gasteiger partial charge in [0.1, 0.15) is 6.54 Å². The molecule has 1 aliphatic rings. The van der Waals surface area contributed by atoms with Crippen LogP contribution >= 0.6 is 24.0 Å². The largest absolute Gasteiger partial charge is 0.370 e. The summed E-state index contributed by atoms with van der Waals surface area (Å²) in [6, 6.07) is 2.02. The van der Waals surface area contributed by atoms with Crippen LogP contribution in [0.2, 0.25) is 0 Å². The molecular weight excluding hydrogens is 379 g/mol. The molecular formula is C15H27IN4O. The van der Waals surface area contributed by atoms with Gasteiger partial charge in [-0.25, -0.2) is 4.99 Å². The van der Waals surface area contributed by atoms with Gasteiger partial charge >= 0.3 is 0 Å². The highest BCUT2D eigenvalue weighted by atomic mass is 127. The van der Waals surface area contributed by atoms with Gasteiger partial charge < -0.3 is 15.2 Å². The van der Waals surface area contributed by atoms with Crippen LogP contribution in [-0.4, -0.2) is 29.1 Å². The highest BCUT2D eigenvalue weighted by Gasteiger charge is 2.14. The Hall–Kier alpha value is -0.790. The van der Waals surface area contributed by atoms with Crippen LogP contribution in [-0.2, 0) is 6.54 Å². The lowest BCUT2D eigenvalue weighted by molar-refractivity contribution is 0.336. The zero-order chi connectivity index (χ0) is 14.4. The van der Waals surface area contributed by atoms with E-state index in [-0.39, 0.29) is 24.0 Å². The first-order chi connectivity index (χ1) is 9.74. The van der Waals surface area contributed by atoms with Crippen LogP contribution in [0.1, 0.15) is 63.3 Å². The third kappa shape index (κ3) is 5.16. The summed E-state index contributed by atoms with van der Waals surface area (Å²) in [7, 11) is 0. The summed E-state index contributed by atoms with van der Waals surface area (Å²) in [5.41, 5.74) is 7.07. The predicted octanol–water partition coefficient (Wildman–Crippen LogP) is 3.50. The third-order valence-electron chi connectivity index (χ3n) is 4.06. The Balaban J connectivity index is 0.00000220. The Bertz CT molecular complexity index is 437. The molecule has 0 atom stereocenters. The van der Waals surface area contributed by atoms with Gasteiger partial charge in [-0.3, -0.25) is 0 Å². The van der Waals surface area contributed by atoms with Crippen LogP contribution in [0.25, 0.3) is 0 Å². The number of nitrogens with zero attached hydrogens (tertiary/aromatic N) is 3. The zero-order valence-corrected chi connectivity index (χ0v) is 15.4. The summed E-state index contributed by atoms with van der Waals surface area (Å²) >= 11 is 0. The normalized spacial score (nSPS) is 16.1. The summed E-state index contributed by atoms with van der Waals surface area (Å²) in [6.45, 7) is 6.87. The molecule has 2 heterocycles. The number of nitrogens with two attached hydrogens (primary N) is 1. The van der Waals surface area contributed by atoms with Gasteiger partial charge in [-0.05, 0) is 32.1 Å². The molecule has 21 heavy (non-hydrogen) atoms. The lowest BCUT2D eigenvalue weighted by Gasteiger charge is -2.27. The molecule has 1 aromatic rings. The first-order valence-electron chi connectivity index (χ1n) is 7.75. The number of aromatic nitrogens is 1. The maximum atomic E-state index is 6.03. The molecule has 0 amide bonds. The zero-order valence-electron chi connectivity index (χ0n) is 13.0. The highest BCUT2D eigenvalue weighted by Crippen LogP contribution is 2.22. The Morgan fingerprint density at radius 1 is 1.33 bits per heavy atom. The van der Waals surface area contributed by atoms with Crippen LogP contribution < -0.4 is 5.73 Å². The Labute approximate surface area is 144 Å². The molecule has 1 saturated heterocycles. The number of piperidine rings is 1. The van der Waals surface area contributed by atoms with Crippen molar-refractivity contribution < 1.29 is 4.52 Å². The average Bonchev–Trinajstić information content (AvgIpc) is 2.96. The maximum Gasteiger partial charge on any atom is 0.191 e. The molecule has 1 fully saturated rings. The van der Waals surface area contributed by atoms with Gasteiger partial charge in [0.05, 0.1) is 5.69 Å². The number of aliphatic imine (C=N–C) groups is 1. The van der Waals surface area contributed by atoms with Gasteiger partial charge in [-0.15, -0.1) is 24.0 Å². The van der Waals surface area contributed by atoms with E-state index in [1.165, 1.54) is 19.3 Å². The fourth-order valence-corrected chi connectivity index (χ4v) is 2.68. The first-order valence-corrected chi connectivity index (χ1v) is 7.75. The summed E-state index contributed by atoms with van der Waals surface area (Å²) in [5, 5.41) is 4.15. The highest BCUT2D eigenvalue weighted by molar-refractivity contribution is 14.0. The molecule has 0 unspecified atom stereocenters. The Morgan fingerprint density at radius 3 is 2.62 bits per heavy atom. The van der Waals surface area contributed by atoms with E-state index < -0.39 is 0 Å². The van der Waals surface area contributed by atoms with Crippen molar-refractivity contribution in [3.05, 3.63) is 17.5 Å². The molecule has 2 N–H and O–H groups in total. The van der Waals surface area contributed by atoms with Gasteiger partial charge in [0.25, 0.3) is 0 Å². The number of rotatable bonds is 5. The van der Waals surface area contributed by atoms with Crippen molar-refractivity contribution in [2.75, 3.05) is 13.1 Å². The Kier molecular flexibility index (Phi) is 8.06. The summed E-state index contributed by atoms with van der Waals surface area (Å²) in [6.07, 6.45) is 5.88. The second-order valence-corrected chi connectivity index (χ2v) is 5.45. The Morgan fingerprint density at radius 2 is 2.00 bits per heavy atom. The number of guanidine groups is 1. The van der Waals surface area contributed by atoms with Crippen molar-refractivity contribution >= 4 is 29.9 Å². The third-order valence-corrected chi connectivity index (χ3v) is 4.06. The van der Waals surface area contributed by atoms with Crippen molar-refractivity contribution in [2.45, 2.75) is 58.4 Å². The molecule has 2 rings (SSSR count). The van der Waals surface area contributed by atoms with E-state index >= 15 is 0 Å². The second kappa shape index (κ2) is 9.27. The van der Waals surface area contributed by atoms with E-state index in [0.717, 1.165) is 37.4 Å². The van der Waals surface area contributed by atoms with E-state index in [1.54, 1.807) is 0 Å². The monoisotopic (exact) mass is 406 g/mol. The van der Waals surface area contributed by atoms with Crippen LogP contribution in [0.3, 0.4) is 0 Å². The van der Waals surface area contributed by atoms with Gasteiger partial charge in [-0.2, -0.15) is 0 Å². The molecule has 0 radical (unpaired) electrons. The molecule has 0 spiro atoms. The van der Waals surface area contributed by atoms with E-state index in [9.17, 15) is 0 Å². The van der Waals surface area contributed by atoms with E-state index in [2.05, 4.69) is 28.9 Å². The minimum Gasteiger partial charge on any atom is -0.370 e. The fourth-order valence-electron chi connectivity index (χ4n) is 2.68. The van der Waals surface area contributed by atoms with Crippen LogP contribution in [0.5, 0.6) is 0 Å². The number of hydrogen-bond acceptors (Lipinski definition) is 3. The van der Waals surface area contributed by atoms with Crippen molar-refractivity contribution in [1.82, 2.24) is 10.1 Å². The minimum atomic E-state index is 0. The SMILES string of the molecule is CCC(CC)c1cc(CN=C(N)N2CCCCC2)on1.I. The van der Waals surface area contributed by atoms with Crippen molar-refractivity contribution in [2.24, 2.45) is 10.7 Å². The number of hydrogen-bond donors (Lipinski definition) is 1. The quantitative estimate of drug-likeness (QED) is 0.462. The first kappa shape index (κ1) is 18.3. The predicted molar refractivity (Wildman–Crippen MR) is 96.0 cm³/mol. The summed E-state index contributed by atoms with van der Waals surface area (Å²) in [4.78, 5) is 6.58. The maximum absolute atomic E-state index is 6.03. The number of likely N-dealkylation sites (tertiary alicyclic amines) is 1. The fraction of sp³-hybridized carbons (Fsp3) is 0.733. The average molecular weight is 406 g/mol.